The zero-order valence-electron chi connectivity index (χ0n) is 14.9. The number of benzene rings is 1. The van der Waals surface area contributed by atoms with E-state index in [1.165, 1.54) is 4.90 Å². The first-order valence-electron chi connectivity index (χ1n) is 8.58. The van der Waals surface area contributed by atoms with Crippen LogP contribution in [0.15, 0.2) is 18.2 Å². The van der Waals surface area contributed by atoms with E-state index in [2.05, 4.69) is 10.6 Å². The predicted octanol–water partition coefficient (Wildman–Crippen LogP) is 2.73. The molecule has 2 atom stereocenters. The lowest BCUT2D eigenvalue weighted by Crippen LogP contribution is -2.49. The molecule has 1 aromatic carbocycles. The molecule has 3 N–H and O–H groups in total. The number of carboxylic acids is 1. The molecule has 0 radical (unpaired) electrons. The summed E-state index contributed by atoms with van der Waals surface area (Å²) in [5.41, 5.74) is 1.43. The molecule has 2 rings (SSSR count). The molecular weight excluding hydrogens is 358 g/mol. The van der Waals surface area contributed by atoms with Gasteiger partial charge in [0.05, 0.1) is 5.92 Å². The Balaban J connectivity index is 1.79. The Morgan fingerprint density at radius 1 is 1.31 bits per heavy atom. The van der Waals surface area contributed by atoms with Crippen LogP contribution in [0.3, 0.4) is 0 Å². The van der Waals surface area contributed by atoms with Crippen molar-refractivity contribution < 1.29 is 19.5 Å². The first kappa shape index (κ1) is 20.0. The summed E-state index contributed by atoms with van der Waals surface area (Å²) in [5, 5.41) is 15.2. The number of likely N-dealkylation sites (tertiary alicyclic amines) is 1. The van der Waals surface area contributed by atoms with Gasteiger partial charge in [-0.1, -0.05) is 24.6 Å². The summed E-state index contributed by atoms with van der Waals surface area (Å²) in [4.78, 5) is 36.9. The minimum Gasteiger partial charge on any atom is -0.481 e. The number of halogens is 1. The van der Waals surface area contributed by atoms with Crippen LogP contribution >= 0.6 is 11.6 Å². The molecule has 1 saturated heterocycles. The van der Waals surface area contributed by atoms with Gasteiger partial charge in [-0.25, -0.2) is 4.79 Å². The topological polar surface area (TPSA) is 98.7 Å². The van der Waals surface area contributed by atoms with E-state index in [0.717, 1.165) is 5.56 Å². The van der Waals surface area contributed by atoms with E-state index < -0.39 is 11.9 Å². The van der Waals surface area contributed by atoms with Crippen molar-refractivity contribution in [2.24, 2.45) is 11.8 Å². The number of piperidine rings is 1. The Morgan fingerprint density at radius 2 is 2.04 bits per heavy atom. The first-order valence-corrected chi connectivity index (χ1v) is 8.96. The molecule has 7 nitrogen and oxygen atoms in total. The molecular formula is C18H24ClN3O4. The van der Waals surface area contributed by atoms with Crippen LogP contribution in [0.5, 0.6) is 0 Å². The van der Waals surface area contributed by atoms with Crippen molar-refractivity contribution in [1.29, 1.82) is 0 Å². The summed E-state index contributed by atoms with van der Waals surface area (Å²) in [6.07, 6.45) is 0.684. The van der Waals surface area contributed by atoms with Gasteiger partial charge < -0.3 is 20.6 Å². The average molecular weight is 382 g/mol. The van der Waals surface area contributed by atoms with Crippen molar-refractivity contribution >= 4 is 35.2 Å². The SMILES string of the molecule is Cc1c(Cl)cccc1NC(=O)CCNC(=O)N1CC(C)CC(C(=O)O)C1. The maximum atomic E-state index is 12.2. The van der Waals surface area contributed by atoms with E-state index in [1.54, 1.807) is 18.2 Å². The van der Waals surface area contributed by atoms with Crippen molar-refractivity contribution in [2.45, 2.75) is 26.7 Å². The number of nitrogens with one attached hydrogen (secondary N) is 2. The molecule has 1 fully saturated rings. The average Bonchev–Trinajstić information content (AvgIpc) is 2.58. The Bertz CT molecular complexity index is 695. The highest BCUT2D eigenvalue weighted by Gasteiger charge is 2.31. The molecule has 1 aromatic rings. The van der Waals surface area contributed by atoms with Crippen LogP contribution in [0.1, 0.15) is 25.3 Å². The van der Waals surface area contributed by atoms with E-state index in [-0.39, 0.29) is 37.4 Å². The third-order valence-corrected chi connectivity index (χ3v) is 4.88. The number of carbonyl (C=O) groups excluding carboxylic acids is 2. The van der Waals surface area contributed by atoms with Crippen LogP contribution in [0.2, 0.25) is 5.02 Å². The second-order valence-electron chi connectivity index (χ2n) is 6.72. The second kappa shape index (κ2) is 8.89. The number of carboxylic acid groups (broad SMARTS) is 1. The summed E-state index contributed by atoms with van der Waals surface area (Å²) in [5.74, 6) is -1.53. The van der Waals surface area contributed by atoms with Crippen molar-refractivity contribution in [3.05, 3.63) is 28.8 Å². The highest BCUT2D eigenvalue weighted by Crippen LogP contribution is 2.23. The molecule has 142 valence electrons. The number of amides is 3. The maximum Gasteiger partial charge on any atom is 0.317 e. The van der Waals surface area contributed by atoms with Gasteiger partial charge >= 0.3 is 12.0 Å². The zero-order chi connectivity index (χ0) is 19.3. The fourth-order valence-electron chi connectivity index (χ4n) is 3.05. The van der Waals surface area contributed by atoms with E-state index in [0.29, 0.717) is 23.7 Å². The van der Waals surface area contributed by atoms with Crippen LogP contribution in [0.25, 0.3) is 0 Å². The molecule has 0 spiro atoms. The molecule has 1 aliphatic heterocycles. The lowest BCUT2D eigenvalue weighted by atomic mass is 9.91. The van der Waals surface area contributed by atoms with Crippen molar-refractivity contribution in [2.75, 3.05) is 25.0 Å². The molecule has 3 amide bonds. The normalized spacial score (nSPS) is 19.7. The van der Waals surface area contributed by atoms with Crippen molar-refractivity contribution in [3.8, 4) is 0 Å². The quantitative estimate of drug-likeness (QED) is 0.730. The summed E-state index contributed by atoms with van der Waals surface area (Å²) >= 11 is 6.02. The Labute approximate surface area is 157 Å². The van der Waals surface area contributed by atoms with E-state index in [4.69, 9.17) is 16.7 Å². The van der Waals surface area contributed by atoms with Gasteiger partial charge in [-0.15, -0.1) is 0 Å². The number of carbonyl (C=O) groups is 3. The number of hydrogen-bond donors (Lipinski definition) is 3. The molecule has 0 aromatic heterocycles. The summed E-state index contributed by atoms with van der Waals surface area (Å²) in [6.45, 7) is 4.63. The second-order valence-corrected chi connectivity index (χ2v) is 7.13. The number of rotatable bonds is 5. The summed E-state index contributed by atoms with van der Waals surface area (Å²) in [7, 11) is 0. The molecule has 26 heavy (non-hydrogen) atoms. The minimum atomic E-state index is -0.884. The number of anilines is 1. The minimum absolute atomic E-state index is 0.115. The fraction of sp³-hybridized carbons (Fsp3) is 0.500. The van der Waals surface area contributed by atoms with Gasteiger partial charge in [0, 0.05) is 36.8 Å². The zero-order valence-corrected chi connectivity index (χ0v) is 15.7. The standard InChI is InChI=1S/C18H24ClN3O4/c1-11-8-13(17(24)25)10-22(9-11)18(26)20-7-6-16(23)21-15-5-3-4-14(19)12(15)2/h3-5,11,13H,6-10H2,1-2H3,(H,20,26)(H,21,23)(H,24,25). The van der Waals surface area contributed by atoms with Crippen LogP contribution in [-0.2, 0) is 9.59 Å². The van der Waals surface area contributed by atoms with Crippen LogP contribution < -0.4 is 10.6 Å². The third kappa shape index (κ3) is 5.36. The summed E-state index contributed by atoms with van der Waals surface area (Å²) in [6, 6.07) is 4.92. The predicted molar refractivity (Wildman–Crippen MR) is 99.3 cm³/mol. The highest BCUT2D eigenvalue weighted by atomic mass is 35.5. The monoisotopic (exact) mass is 381 g/mol. The van der Waals surface area contributed by atoms with Crippen LogP contribution in [0, 0.1) is 18.8 Å². The molecule has 2 unspecified atom stereocenters. The largest absolute Gasteiger partial charge is 0.481 e. The highest BCUT2D eigenvalue weighted by molar-refractivity contribution is 6.31. The van der Waals surface area contributed by atoms with Gasteiger partial charge in [0.1, 0.15) is 0 Å². The Morgan fingerprint density at radius 3 is 2.73 bits per heavy atom. The van der Waals surface area contributed by atoms with Gasteiger partial charge in [-0.05, 0) is 37.0 Å². The first-order chi connectivity index (χ1) is 12.3. The molecule has 0 aliphatic carbocycles. The molecule has 8 heteroatoms. The van der Waals surface area contributed by atoms with Gasteiger partial charge in [-0.3, -0.25) is 9.59 Å². The van der Waals surface area contributed by atoms with Crippen molar-refractivity contribution in [3.63, 3.8) is 0 Å². The third-order valence-electron chi connectivity index (χ3n) is 4.47. The molecule has 0 saturated carbocycles. The van der Waals surface area contributed by atoms with E-state index in [9.17, 15) is 14.4 Å². The van der Waals surface area contributed by atoms with Crippen LogP contribution in [-0.4, -0.2) is 47.5 Å². The van der Waals surface area contributed by atoms with Gasteiger partial charge in [0.2, 0.25) is 5.91 Å². The lowest BCUT2D eigenvalue weighted by Gasteiger charge is -2.34. The van der Waals surface area contributed by atoms with Crippen LogP contribution in [0.4, 0.5) is 10.5 Å². The molecule has 0 bridgehead atoms. The Kier molecular flexibility index (Phi) is 6.85. The number of nitrogens with zero attached hydrogens (tertiary/aromatic N) is 1. The lowest BCUT2D eigenvalue weighted by molar-refractivity contribution is -0.143. The van der Waals surface area contributed by atoms with Gasteiger partial charge in [0.15, 0.2) is 0 Å². The van der Waals surface area contributed by atoms with Crippen molar-refractivity contribution in [1.82, 2.24) is 10.2 Å². The van der Waals surface area contributed by atoms with Gasteiger partial charge in [-0.2, -0.15) is 0 Å². The fourth-order valence-corrected chi connectivity index (χ4v) is 3.22. The van der Waals surface area contributed by atoms with E-state index in [1.807, 2.05) is 13.8 Å². The molecule has 1 aliphatic rings. The maximum absolute atomic E-state index is 12.2. The smallest absolute Gasteiger partial charge is 0.317 e. The number of hydrogen-bond acceptors (Lipinski definition) is 3. The summed E-state index contributed by atoms with van der Waals surface area (Å²) < 4.78 is 0. The Hall–Kier alpha value is -2.28. The van der Waals surface area contributed by atoms with E-state index >= 15 is 0 Å². The number of aliphatic carboxylic acids is 1. The number of urea groups is 1. The van der Waals surface area contributed by atoms with Gasteiger partial charge in [0.25, 0.3) is 0 Å². The molecule has 1 heterocycles.